The van der Waals surface area contributed by atoms with Crippen LogP contribution in [0, 0.1) is 0 Å². The minimum atomic E-state index is -0.258. The van der Waals surface area contributed by atoms with E-state index in [4.69, 9.17) is 34.8 Å². The highest BCUT2D eigenvalue weighted by molar-refractivity contribution is 6.42. The van der Waals surface area contributed by atoms with Crippen molar-refractivity contribution in [2.45, 2.75) is 19.5 Å². The Balaban J connectivity index is 1.65. The van der Waals surface area contributed by atoms with Gasteiger partial charge in [-0.05, 0) is 42.0 Å². The van der Waals surface area contributed by atoms with Crippen LogP contribution >= 0.6 is 34.8 Å². The highest BCUT2D eigenvalue weighted by Gasteiger charge is 2.14. The minimum absolute atomic E-state index is 0.0664. The third kappa shape index (κ3) is 4.33. The summed E-state index contributed by atoms with van der Waals surface area (Å²) >= 11 is 18.0. The average molecular weight is 411 g/mol. The number of carbonyl (C=O) groups is 1. The number of amides is 1. The number of nitrogens with one attached hydrogen (secondary N) is 1. The second-order valence-corrected chi connectivity index (χ2v) is 6.81. The molecular weight excluding hydrogens is 397 g/mol. The van der Waals surface area contributed by atoms with Gasteiger partial charge in [0, 0.05) is 5.56 Å². The van der Waals surface area contributed by atoms with E-state index in [0.29, 0.717) is 26.5 Å². The van der Waals surface area contributed by atoms with Crippen molar-refractivity contribution in [2.24, 2.45) is 0 Å². The van der Waals surface area contributed by atoms with Gasteiger partial charge in [-0.1, -0.05) is 53.0 Å². The van der Waals surface area contributed by atoms with E-state index >= 15 is 0 Å². The van der Waals surface area contributed by atoms with E-state index in [1.807, 2.05) is 25.1 Å². The molecule has 3 rings (SSSR count). The van der Waals surface area contributed by atoms with Gasteiger partial charge in [-0.3, -0.25) is 4.79 Å². The van der Waals surface area contributed by atoms with Crippen LogP contribution in [-0.2, 0) is 11.3 Å². The number of hydrogen-bond acceptors (Lipinski definition) is 4. The second-order valence-electron chi connectivity index (χ2n) is 5.59. The van der Waals surface area contributed by atoms with Gasteiger partial charge in [0.25, 0.3) is 0 Å². The Bertz CT molecular complexity index is 944. The number of nitrogens with zero attached hydrogens (tertiary/aromatic N) is 4. The zero-order valence-corrected chi connectivity index (χ0v) is 15.9. The van der Waals surface area contributed by atoms with Crippen LogP contribution in [0.3, 0.4) is 0 Å². The molecule has 1 amide bonds. The maximum atomic E-state index is 12.2. The number of carbonyl (C=O) groups excluding carboxylic acids is 1. The van der Waals surface area contributed by atoms with Gasteiger partial charge >= 0.3 is 0 Å². The molecule has 1 atom stereocenters. The summed E-state index contributed by atoms with van der Waals surface area (Å²) in [6.07, 6.45) is 0. The first-order chi connectivity index (χ1) is 12.4. The van der Waals surface area contributed by atoms with Gasteiger partial charge in [-0.2, -0.15) is 4.80 Å². The first kappa shape index (κ1) is 18.6. The van der Waals surface area contributed by atoms with Crippen LogP contribution in [0.25, 0.3) is 11.4 Å². The Kier molecular flexibility index (Phi) is 5.76. The molecule has 26 heavy (non-hydrogen) atoms. The van der Waals surface area contributed by atoms with E-state index in [0.717, 1.165) is 5.56 Å². The maximum Gasteiger partial charge on any atom is 0.244 e. The topological polar surface area (TPSA) is 72.7 Å². The molecule has 1 aromatic heterocycles. The van der Waals surface area contributed by atoms with Crippen molar-refractivity contribution in [3.8, 4) is 11.4 Å². The fourth-order valence-corrected chi connectivity index (χ4v) is 2.87. The summed E-state index contributed by atoms with van der Waals surface area (Å²) in [5.41, 5.74) is 1.50. The molecule has 0 aliphatic heterocycles. The van der Waals surface area contributed by atoms with Crippen LogP contribution in [-0.4, -0.2) is 26.1 Å². The smallest absolute Gasteiger partial charge is 0.244 e. The first-order valence-electron chi connectivity index (χ1n) is 7.71. The second kappa shape index (κ2) is 8.03. The molecule has 3 aromatic rings. The van der Waals surface area contributed by atoms with Gasteiger partial charge in [0.15, 0.2) is 0 Å². The standard InChI is InChI=1S/C17H14Cl3N5O/c1-10(11-6-7-14(19)15(20)8-11)21-16(26)9-25-23-17(22-24-25)12-4-2-3-5-13(12)18/h2-8,10H,9H2,1H3,(H,21,26)/t10-/m1/s1. The number of tetrazole rings is 1. The number of benzene rings is 2. The van der Waals surface area contributed by atoms with Gasteiger partial charge < -0.3 is 5.32 Å². The van der Waals surface area contributed by atoms with Gasteiger partial charge in [-0.15, -0.1) is 10.2 Å². The van der Waals surface area contributed by atoms with E-state index in [2.05, 4.69) is 20.7 Å². The molecule has 0 radical (unpaired) electrons. The van der Waals surface area contributed by atoms with E-state index in [1.165, 1.54) is 4.80 Å². The number of aromatic nitrogens is 4. The molecule has 1 N–H and O–H groups in total. The predicted molar refractivity (Wildman–Crippen MR) is 101 cm³/mol. The third-order valence-corrected chi connectivity index (χ3v) is 4.74. The molecule has 0 aliphatic carbocycles. The maximum absolute atomic E-state index is 12.2. The largest absolute Gasteiger partial charge is 0.348 e. The van der Waals surface area contributed by atoms with Gasteiger partial charge in [0.2, 0.25) is 11.7 Å². The van der Waals surface area contributed by atoms with E-state index in [9.17, 15) is 4.79 Å². The van der Waals surface area contributed by atoms with Crippen LogP contribution in [0.2, 0.25) is 15.1 Å². The lowest BCUT2D eigenvalue weighted by Gasteiger charge is -2.14. The summed E-state index contributed by atoms with van der Waals surface area (Å²) < 4.78 is 0. The summed E-state index contributed by atoms with van der Waals surface area (Å²) in [5.74, 6) is 0.104. The van der Waals surface area contributed by atoms with Gasteiger partial charge in [-0.25, -0.2) is 0 Å². The molecule has 0 spiro atoms. The Labute approximate surface area is 165 Å². The molecule has 0 saturated heterocycles. The Morgan fingerprint density at radius 2 is 1.88 bits per heavy atom. The van der Waals surface area contributed by atoms with Crippen LogP contribution in [0.5, 0.6) is 0 Å². The zero-order chi connectivity index (χ0) is 18.7. The van der Waals surface area contributed by atoms with E-state index in [1.54, 1.807) is 24.3 Å². The van der Waals surface area contributed by atoms with Crippen molar-refractivity contribution in [3.05, 3.63) is 63.1 Å². The van der Waals surface area contributed by atoms with E-state index in [-0.39, 0.29) is 18.5 Å². The zero-order valence-electron chi connectivity index (χ0n) is 13.7. The predicted octanol–water partition coefficient (Wildman–Crippen LogP) is 4.18. The average Bonchev–Trinajstić information content (AvgIpc) is 3.05. The molecule has 0 aliphatic rings. The van der Waals surface area contributed by atoms with Crippen LogP contribution < -0.4 is 5.32 Å². The summed E-state index contributed by atoms with van der Waals surface area (Å²) in [4.78, 5) is 13.5. The van der Waals surface area contributed by atoms with Gasteiger partial charge in [0.1, 0.15) is 6.54 Å². The molecule has 2 aromatic carbocycles. The van der Waals surface area contributed by atoms with Crippen LogP contribution in [0.4, 0.5) is 0 Å². The molecule has 0 bridgehead atoms. The van der Waals surface area contributed by atoms with Crippen molar-refractivity contribution in [3.63, 3.8) is 0 Å². The molecule has 0 fully saturated rings. The van der Waals surface area contributed by atoms with Crippen LogP contribution in [0.1, 0.15) is 18.5 Å². The molecular formula is C17H14Cl3N5O. The Morgan fingerprint density at radius 1 is 1.12 bits per heavy atom. The lowest BCUT2D eigenvalue weighted by molar-refractivity contribution is -0.122. The fraction of sp³-hybridized carbons (Fsp3) is 0.176. The monoisotopic (exact) mass is 409 g/mol. The first-order valence-corrected chi connectivity index (χ1v) is 8.84. The number of halogens is 3. The SMILES string of the molecule is C[C@@H](NC(=O)Cn1nnc(-c2ccccc2Cl)n1)c1ccc(Cl)c(Cl)c1. The summed E-state index contributed by atoms with van der Waals surface area (Å²) in [6.45, 7) is 1.78. The quantitative estimate of drug-likeness (QED) is 0.685. The Hall–Kier alpha value is -2.15. The number of hydrogen-bond donors (Lipinski definition) is 1. The van der Waals surface area contributed by atoms with Crippen molar-refractivity contribution < 1.29 is 4.79 Å². The Morgan fingerprint density at radius 3 is 2.62 bits per heavy atom. The summed E-state index contributed by atoms with van der Waals surface area (Å²) in [7, 11) is 0. The molecule has 0 saturated carbocycles. The molecule has 9 heteroatoms. The lowest BCUT2D eigenvalue weighted by Crippen LogP contribution is -2.30. The van der Waals surface area contributed by atoms with E-state index < -0.39 is 0 Å². The highest BCUT2D eigenvalue weighted by atomic mass is 35.5. The molecule has 134 valence electrons. The fourth-order valence-electron chi connectivity index (χ4n) is 2.34. The summed E-state index contributed by atoms with van der Waals surface area (Å²) in [5, 5.41) is 16.3. The lowest BCUT2D eigenvalue weighted by atomic mass is 10.1. The van der Waals surface area contributed by atoms with Crippen molar-refractivity contribution >= 4 is 40.7 Å². The normalized spacial score (nSPS) is 12.0. The number of rotatable bonds is 5. The molecule has 1 heterocycles. The van der Waals surface area contributed by atoms with Gasteiger partial charge in [0.05, 0.1) is 21.1 Å². The highest BCUT2D eigenvalue weighted by Crippen LogP contribution is 2.26. The molecule has 0 unspecified atom stereocenters. The third-order valence-electron chi connectivity index (χ3n) is 3.67. The van der Waals surface area contributed by atoms with Crippen LogP contribution in [0.15, 0.2) is 42.5 Å². The van der Waals surface area contributed by atoms with Crippen molar-refractivity contribution in [1.82, 2.24) is 25.5 Å². The summed E-state index contributed by atoms with van der Waals surface area (Å²) in [6, 6.07) is 12.1. The van der Waals surface area contributed by atoms with Crippen molar-refractivity contribution in [2.75, 3.05) is 0 Å². The molecule has 6 nitrogen and oxygen atoms in total. The minimum Gasteiger partial charge on any atom is -0.348 e. The van der Waals surface area contributed by atoms with Crippen molar-refractivity contribution in [1.29, 1.82) is 0 Å².